The van der Waals surface area contributed by atoms with E-state index in [1.807, 2.05) is 6.92 Å². The van der Waals surface area contributed by atoms with Gasteiger partial charge >= 0.3 is 0 Å². The van der Waals surface area contributed by atoms with E-state index in [9.17, 15) is 0 Å². The number of ether oxygens (including phenoxy) is 1. The Morgan fingerprint density at radius 2 is 2.00 bits per heavy atom. The average Bonchev–Trinajstić information content (AvgIpc) is 2.02. The van der Waals surface area contributed by atoms with Crippen LogP contribution in [0.25, 0.3) is 0 Å². The summed E-state index contributed by atoms with van der Waals surface area (Å²) in [5.41, 5.74) is 0. The summed E-state index contributed by atoms with van der Waals surface area (Å²) in [6, 6.07) is 0. The molecule has 0 aliphatic rings. The van der Waals surface area contributed by atoms with Crippen LogP contribution >= 0.6 is 11.6 Å². The molecule has 0 aliphatic carbocycles. The molecule has 0 saturated carbocycles. The van der Waals surface area contributed by atoms with Crippen LogP contribution in [0.15, 0.2) is 0 Å². The Hall–Kier alpha value is 0.250. The van der Waals surface area contributed by atoms with E-state index in [-0.39, 0.29) is 0 Å². The van der Waals surface area contributed by atoms with Gasteiger partial charge in [0.25, 0.3) is 0 Å². The van der Waals surface area contributed by atoms with Gasteiger partial charge in [-0.1, -0.05) is 13.8 Å². The van der Waals surface area contributed by atoms with Crippen molar-refractivity contribution < 1.29 is 4.74 Å². The van der Waals surface area contributed by atoms with Crippen molar-refractivity contribution in [2.45, 2.75) is 33.6 Å². The van der Waals surface area contributed by atoms with Crippen molar-refractivity contribution in [1.29, 1.82) is 0 Å². The molecule has 0 saturated heterocycles. The Morgan fingerprint density at radius 1 is 1.33 bits per heavy atom. The lowest BCUT2D eigenvalue weighted by atomic mass is 9.96. The second kappa shape index (κ2) is 7.88. The molecule has 0 heterocycles. The largest absolute Gasteiger partial charge is 0.382 e. The van der Waals surface area contributed by atoms with E-state index in [1.165, 1.54) is 6.42 Å². The molecule has 2 heteroatoms. The van der Waals surface area contributed by atoms with E-state index in [0.29, 0.717) is 5.92 Å². The van der Waals surface area contributed by atoms with Crippen molar-refractivity contribution in [1.82, 2.24) is 0 Å². The van der Waals surface area contributed by atoms with Gasteiger partial charge in [-0.3, -0.25) is 0 Å². The molecule has 0 aromatic carbocycles. The van der Waals surface area contributed by atoms with Crippen LogP contribution in [-0.4, -0.2) is 19.1 Å². The van der Waals surface area contributed by atoms with Gasteiger partial charge in [0.2, 0.25) is 0 Å². The zero-order chi connectivity index (χ0) is 9.40. The summed E-state index contributed by atoms with van der Waals surface area (Å²) in [6.45, 7) is 8.18. The fraction of sp³-hybridized carbons (Fsp3) is 1.00. The molecule has 0 spiro atoms. The number of hydrogen-bond acceptors (Lipinski definition) is 1. The summed E-state index contributed by atoms with van der Waals surface area (Å²) < 4.78 is 5.29. The standard InChI is InChI=1S/C10H21ClO/c1-4-12-6-5-10(8-11)7-9(2)3/h9-10H,4-8H2,1-3H3. The highest BCUT2D eigenvalue weighted by atomic mass is 35.5. The zero-order valence-corrected chi connectivity index (χ0v) is 9.23. The lowest BCUT2D eigenvalue weighted by molar-refractivity contribution is 0.131. The first-order chi connectivity index (χ1) is 5.70. The van der Waals surface area contributed by atoms with E-state index in [1.54, 1.807) is 0 Å². The van der Waals surface area contributed by atoms with Gasteiger partial charge in [-0.05, 0) is 31.6 Å². The summed E-state index contributed by atoms with van der Waals surface area (Å²) in [7, 11) is 0. The van der Waals surface area contributed by atoms with Crippen LogP contribution in [0, 0.1) is 11.8 Å². The highest BCUT2D eigenvalue weighted by Crippen LogP contribution is 2.16. The summed E-state index contributed by atoms with van der Waals surface area (Å²) in [6.07, 6.45) is 2.33. The first-order valence-electron chi connectivity index (χ1n) is 4.84. The molecule has 1 nitrogen and oxygen atoms in total. The first-order valence-corrected chi connectivity index (χ1v) is 5.37. The molecule has 74 valence electrons. The van der Waals surface area contributed by atoms with Gasteiger partial charge in [-0.25, -0.2) is 0 Å². The SMILES string of the molecule is CCOCCC(CCl)CC(C)C. The average molecular weight is 193 g/mol. The van der Waals surface area contributed by atoms with Crippen molar-refractivity contribution >= 4 is 11.6 Å². The fourth-order valence-electron chi connectivity index (χ4n) is 1.32. The molecule has 0 fully saturated rings. The Balaban J connectivity index is 3.39. The monoisotopic (exact) mass is 192 g/mol. The minimum Gasteiger partial charge on any atom is -0.382 e. The number of rotatable bonds is 7. The molecular formula is C10H21ClO. The molecular weight excluding hydrogens is 172 g/mol. The van der Waals surface area contributed by atoms with Crippen molar-refractivity contribution in [2.75, 3.05) is 19.1 Å². The Morgan fingerprint density at radius 3 is 2.42 bits per heavy atom. The molecule has 0 rings (SSSR count). The van der Waals surface area contributed by atoms with Gasteiger partial charge in [-0.15, -0.1) is 11.6 Å². The van der Waals surface area contributed by atoms with Crippen LogP contribution in [0.4, 0.5) is 0 Å². The summed E-state index contributed by atoms with van der Waals surface area (Å²) in [4.78, 5) is 0. The minimum atomic E-state index is 0.637. The van der Waals surface area contributed by atoms with Crippen molar-refractivity contribution in [3.8, 4) is 0 Å². The van der Waals surface area contributed by atoms with Gasteiger partial charge in [0.1, 0.15) is 0 Å². The third-order valence-corrected chi connectivity index (χ3v) is 2.33. The highest BCUT2D eigenvalue weighted by molar-refractivity contribution is 6.18. The van der Waals surface area contributed by atoms with Gasteiger partial charge in [0, 0.05) is 19.1 Å². The third-order valence-electron chi connectivity index (χ3n) is 1.90. The molecule has 0 amide bonds. The van der Waals surface area contributed by atoms with Crippen LogP contribution < -0.4 is 0 Å². The second-order valence-electron chi connectivity index (χ2n) is 3.64. The summed E-state index contributed by atoms with van der Waals surface area (Å²) in [5.74, 6) is 2.15. The lowest BCUT2D eigenvalue weighted by Crippen LogP contribution is -2.09. The van der Waals surface area contributed by atoms with Crippen LogP contribution in [0.5, 0.6) is 0 Å². The third kappa shape index (κ3) is 6.93. The molecule has 0 aromatic rings. The van der Waals surface area contributed by atoms with E-state index >= 15 is 0 Å². The maximum atomic E-state index is 5.84. The maximum absolute atomic E-state index is 5.84. The van der Waals surface area contributed by atoms with E-state index in [4.69, 9.17) is 16.3 Å². The van der Waals surface area contributed by atoms with Crippen LogP contribution in [0.3, 0.4) is 0 Å². The van der Waals surface area contributed by atoms with E-state index in [2.05, 4.69) is 13.8 Å². The highest BCUT2D eigenvalue weighted by Gasteiger charge is 2.08. The molecule has 0 aliphatic heterocycles. The molecule has 12 heavy (non-hydrogen) atoms. The Bertz CT molecular complexity index is 93.8. The van der Waals surface area contributed by atoms with Crippen LogP contribution in [0.1, 0.15) is 33.6 Å². The van der Waals surface area contributed by atoms with Crippen LogP contribution in [-0.2, 0) is 4.74 Å². The zero-order valence-electron chi connectivity index (χ0n) is 8.48. The Kier molecular flexibility index (Phi) is 8.04. The van der Waals surface area contributed by atoms with Crippen molar-refractivity contribution in [3.05, 3.63) is 0 Å². The quantitative estimate of drug-likeness (QED) is 0.444. The van der Waals surface area contributed by atoms with Gasteiger partial charge < -0.3 is 4.74 Å². The van der Waals surface area contributed by atoms with Gasteiger partial charge in [0.05, 0.1) is 0 Å². The molecule has 1 unspecified atom stereocenters. The molecule has 1 atom stereocenters. The molecule has 0 radical (unpaired) electrons. The number of hydrogen-bond donors (Lipinski definition) is 0. The van der Waals surface area contributed by atoms with E-state index < -0.39 is 0 Å². The smallest absolute Gasteiger partial charge is 0.0468 e. The van der Waals surface area contributed by atoms with E-state index in [0.717, 1.165) is 31.4 Å². The minimum absolute atomic E-state index is 0.637. The number of alkyl halides is 1. The molecule has 0 bridgehead atoms. The number of halogens is 1. The van der Waals surface area contributed by atoms with Gasteiger partial charge in [0.15, 0.2) is 0 Å². The maximum Gasteiger partial charge on any atom is 0.0468 e. The molecule has 0 N–H and O–H groups in total. The lowest BCUT2D eigenvalue weighted by Gasteiger charge is -2.15. The van der Waals surface area contributed by atoms with Crippen molar-refractivity contribution in [3.63, 3.8) is 0 Å². The fourth-order valence-corrected chi connectivity index (χ4v) is 1.60. The topological polar surface area (TPSA) is 9.23 Å². The molecule has 0 aromatic heterocycles. The second-order valence-corrected chi connectivity index (χ2v) is 3.94. The summed E-state index contributed by atoms with van der Waals surface area (Å²) in [5, 5.41) is 0. The predicted octanol–water partition coefficient (Wildman–Crippen LogP) is 3.31. The normalized spacial score (nSPS) is 13.8. The Labute approximate surface area is 81.4 Å². The summed E-state index contributed by atoms with van der Waals surface area (Å²) >= 11 is 5.84. The van der Waals surface area contributed by atoms with Crippen LogP contribution in [0.2, 0.25) is 0 Å². The van der Waals surface area contributed by atoms with Crippen molar-refractivity contribution in [2.24, 2.45) is 11.8 Å². The first kappa shape index (κ1) is 12.2. The van der Waals surface area contributed by atoms with Gasteiger partial charge in [-0.2, -0.15) is 0 Å². The predicted molar refractivity (Wildman–Crippen MR) is 54.8 cm³/mol.